The van der Waals surface area contributed by atoms with Crippen LogP contribution in [-0.4, -0.2) is 0 Å². The van der Waals surface area contributed by atoms with Crippen LogP contribution >= 0.6 is 15.9 Å². The number of rotatable bonds is 3. The maximum Gasteiger partial charge on any atom is 0.146 e. The Kier molecular flexibility index (Phi) is 3.72. The van der Waals surface area contributed by atoms with E-state index in [2.05, 4.69) is 21.2 Å². The Bertz CT molecular complexity index is 797. The summed E-state index contributed by atoms with van der Waals surface area (Å²) in [5, 5.41) is 4.26. The Hall–Kier alpha value is -1.81. The molecule has 0 spiro atoms. The smallest absolute Gasteiger partial charge is 0.146 e. The van der Waals surface area contributed by atoms with Crippen LogP contribution in [0.15, 0.2) is 51.4 Å². The van der Waals surface area contributed by atoms with Gasteiger partial charge in [-0.25, -0.2) is 4.39 Å². The fourth-order valence-electron chi connectivity index (χ4n) is 2.51. The molecule has 3 aromatic rings. The first-order valence-electron chi connectivity index (χ1n) is 6.76. The first kappa shape index (κ1) is 14.1. The van der Waals surface area contributed by atoms with Crippen LogP contribution in [0.25, 0.3) is 11.0 Å². The molecule has 1 aromatic heterocycles. The minimum atomic E-state index is -0.279. The molecule has 4 heteroatoms. The molecule has 1 unspecified atom stereocenters. The number of para-hydroxylation sites is 1. The highest BCUT2D eigenvalue weighted by Crippen LogP contribution is 2.32. The van der Waals surface area contributed by atoms with Crippen LogP contribution in [0, 0.1) is 12.7 Å². The third-order valence-electron chi connectivity index (χ3n) is 3.57. The Morgan fingerprint density at radius 1 is 1.19 bits per heavy atom. The minimum absolute atomic E-state index is 0.124. The second-order valence-corrected chi connectivity index (χ2v) is 5.99. The van der Waals surface area contributed by atoms with Gasteiger partial charge in [-0.3, -0.25) is 0 Å². The highest BCUT2D eigenvalue weighted by molar-refractivity contribution is 9.10. The summed E-state index contributed by atoms with van der Waals surface area (Å²) in [5.41, 5.74) is 2.39. The number of hydrogen-bond donors (Lipinski definition) is 1. The van der Waals surface area contributed by atoms with E-state index >= 15 is 0 Å². The van der Waals surface area contributed by atoms with Crippen molar-refractivity contribution in [1.29, 1.82) is 0 Å². The number of anilines is 1. The van der Waals surface area contributed by atoms with E-state index < -0.39 is 0 Å². The number of nitrogens with one attached hydrogen (secondary N) is 1. The molecule has 0 radical (unpaired) electrons. The van der Waals surface area contributed by atoms with Gasteiger partial charge in [0.25, 0.3) is 0 Å². The molecule has 1 heterocycles. The fourth-order valence-corrected chi connectivity index (χ4v) is 2.87. The SMILES string of the molecule is Cc1c(C(C)Nc2cc(Br)ccc2F)oc2ccccc12. The number of furan rings is 1. The van der Waals surface area contributed by atoms with Crippen LogP contribution in [0.5, 0.6) is 0 Å². The van der Waals surface area contributed by atoms with E-state index in [1.165, 1.54) is 6.07 Å². The molecular weight excluding hydrogens is 333 g/mol. The second kappa shape index (κ2) is 5.53. The predicted molar refractivity (Wildman–Crippen MR) is 87.1 cm³/mol. The van der Waals surface area contributed by atoms with E-state index in [0.29, 0.717) is 5.69 Å². The molecule has 2 nitrogen and oxygen atoms in total. The van der Waals surface area contributed by atoms with Gasteiger partial charge in [0.05, 0.1) is 11.7 Å². The molecular formula is C17H15BrFNO. The zero-order valence-corrected chi connectivity index (χ0v) is 13.4. The van der Waals surface area contributed by atoms with Crippen molar-refractivity contribution in [3.8, 4) is 0 Å². The van der Waals surface area contributed by atoms with Crippen molar-refractivity contribution < 1.29 is 8.81 Å². The van der Waals surface area contributed by atoms with Gasteiger partial charge in [-0.2, -0.15) is 0 Å². The number of halogens is 2. The number of fused-ring (bicyclic) bond motifs is 1. The van der Waals surface area contributed by atoms with Crippen LogP contribution < -0.4 is 5.32 Å². The van der Waals surface area contributed by atoms with Gasteiger partial charge >= 0.3 is 0 Å². The van der Waals surface area contributed by atoms with Gasteiger partial charge in [-0.05, 0) is 38.1 Å². The molecule has 0 aliphatic carbocycles. The Balaban J connectivity index is 1.95. The van der Waals surface area contributed by atoms with Crippen molar-refractivity contribution in [3.05, 3.63) is 64.1 Å². The van der Waals surface area contributed by atoms with E-state index in [0.717, 1.165) is 26.8 Å². The Labute approximate surface area is 131 Å². The van der Waals surface area contributed by atoms with Crippen LogP contribution in [0.2, 0.25) is 0 Å². The molecule has 2 aromatic carbocycles. The van der Waals surface area contributed by atoms with Gasteiger partial charge in [0.2, 0.25) is 0 Å². The zero-order chi connectivity index (χ0) is 15.0. The number of benzene rings is 2. The molecule has 0 bridgehead atoms. The molecule has 108 valence electrons. The number of aryl methyl sites for hydroxylation is 1. The minimum Gasteiger partial charge on any atom is -0.459 e. The average Bonchev–Trinajstić information content (AvgIpc) is 2.81. The lowest BCUT2D eigenvalue weighted by Gasteiger charge is -2.15. The summed E-state index contributed by atoms with van der Waals surface area (Å²) in [6, 6.07) is 12.6. The van der Waals surface area contributed by atoms with E-state index in [-0.39, 0.29) is 11.9 Å². The lowest BCUT2D eigenvalue weighted by molar-refractivity contribution is 0.520. The summed E-state index contributed by atoms with van der Waals surface area (Å²) in [7, 11) is 0. The van der Waals surface area contributed by atoms with Crippen LogP contribution in [0.1, 0.15) is 24.3 Å². The Morgan fingerprint density at radius 3 is 2.71 bits per heavy atom. The third-order valence-corrected chi connectivity index (χ3v) is 4.07. The summed E-state index contributed by atoms with van der Waals surface area (Å²) < 4.78 is 20.6. The summed E-state index contributed by atoms with van der Waals surface area (Å²) in [5.74, 6) is 0.550. The van der Waals surface area contributed by atoms with Gasteiger partial charge in [-0.15, -0.1) is 0 Å². The largest absolute Gasteiger partial charge is 0.459 e. The van der Waals surface area contributed by atoms with Crippen molar-refractivity contribution in [2.24, 2.45) is 0 Å². The predicted octanol–water partition coefficient (Wildman–Crippen LogP) is 5.82. The zero-order valence-electron chi connectivity index (χ0n) is 11.8. The molecule has 3 rings (SSSR count). The second-order valence-electron chi connectivity index (χ2n) is 5.08. The average molecular weight is 348 g/mol. The van der Waals surface area contributed by atoms with Gasteiger partial charge < -0.3 is 9.73 Å². The third kappa shape index (κ3) is 2.68. The molecule has 0 amide bonds. The van der Waals surface area contributed by atoms with Crippen molar-refractivity contribution in [2.45, 2.75) is 19.9 Å². The van der Waals surface area contributed by atoms with Gasteiger partial charge in [0, 0.05) is 15.4 Å². The molecule has 0 aliphatic heterocycles. The fraction of sp³-hybridized carbons (Fsp3) is 0.176. The lowest BCUT2D eigenvalue weighted by atomic mass is 10.1. The van der Waals surface area contributed by atoms with E-state index in [1.807, 2.05) is 38.1 Å². The molecule has 0 saturated heterocycles. The topological polar surface area (TPSA) is 25.2 Å². The van der Waals surface area contributed by atoms with E-state index in [9.17, 15) is 4.39 Å². The quantitative estimate of drug-likeness (QED) is 0.646. The van der Waals surface area contributed by atoms with E-state index in [1.54, 1.807) is 12.1 Å². The Morgan fingerprint density at radius 2 is 1.95 bits per heavy atom. The summed E-state index contributed by atoms with van der Waals surface area (Å²) in [4.78, 5) is 0. The molecule has 0 fully saturated rings. The van der Waals surface area contributed by atoms with Gasteiger partial charge in [-0.1, -0.05) is 34.1 Å². The van der Waals surface area contributed by atoms with Crippen molar-refractivity contribution >= 4 is 32.6 Å². The molecule has 21 heavy (non-hydrogen) atoms. The molecule has 1 N–H and O–H groups in total. The normalized spacial score (nSPS) is 12.6. The standard InChI is InChI=1S/C17H15BrFNO/c1-10-13-5-3-4-6-16(13)21-17(10)11(2)20-15-9-12(18)7-8-14(15)19/h3-9,11,20H,1-2H3. The summed E-state index contributed by atoms with van der Waals surface area (Å²) >= 11 is 3.35. The van der Waals surface area contributed by atoms with Crippen LogP contribution in [0.4, 0.5) is 10.1 Å². The maximum atomic E-state index is 13.8. The number of hydrogen-bond acceptors (Lipinski definition) is 2. The highest BCUT2D eigenvalue weighted by Gasteiger charge is 2.17. The molecule has 0 aliphatic rings. The molecule has 0 saturated carbocycles. The van der Waals surface area contributed by atoms with Gasteiger partial charge in [0.15, 0.2) is 0 Å². The monoisotopic (exact) mass is 347 g/mol. The lowest BCUT2D eigenvalue weighted by Crippen LogP contribution is -2.08. The summed E-state index contributed by atoms with van der Waals surface area (Å²) in [6.07, 6.45) is 0. The van der Waals surface area contributed by atoms with Crippen LogP contribution in [0.3, 0.4) is 0 Å². The van der Waals surface area contributed by atoms with Crippen molar-refractivity contribution in [1.82, 2.24) is 0 Å². The summed E-state index contributed by atoms with van der Waals surface area (Å²) in [6.45, 7) is 3.99. The maximum absolute atomic E-state index is 13.8. The van der Waals surface area contributed by atoms with Gasteiger partial charge in [0.1, 0.15) is 17.2 Å². The van der Waals surface area contributed by atoms with Crippen molar-refractivity contribution in [2.75, 3.05) is 5.32 Å². The van der Waals surface area contributed by atoms with Crippen molar-refractivity contribution in [3.63, 3.8) is 0 Å². The first-order chi connectivity index (χ1) is 10.1. The van der Waals surface area contributed by atoms with E-state index in [4.69, 9.17) is 4.42 Å². The highest BCUT2D eigenvalue weighted by atomic mass is 79.9. The van der Waals surface area contributed by atoms with Crippen LogP contribution in [-0.2, 0) is 0 Å². The first-order valence-corrected chi connectivity index (χ1v) is 7.55. The molecule has 1 atom stereocenters.